The first-order valence-corrected chi connectivity index (χ1v) is 9.31. The fraction of sp³-hybridized carbons (Fsp3) is 0.238. The number of nitrogens with zero attached hydrogens (tertiary/aromatic N) is 4. The Morgan fingerprint density at radius 3 is 2.68 bits per heavy atom. The summed E-state index contributed by atoms with van der Waals surface area (Å²) in [6, 6.07) is 15.8. The standard InChI is InChI=1S/C21H24N4O2S/c1-4-12-27-19-10-8-17(9-11-19)14-23(2)16-25-21(28)24(15-22-25)18-6-5-7-20(13-18)26-3/h4-11,13,15H,1,12,14,16H2,2-3H3. The molecular weight excluding hydrogens is 372 g/mol. The zero-order chi connectivity index (χ0) is 19.9. The van der Waals surface area contributed by atoms with Gasteiger partial charge in [-0.3, -0.25) is 9.47 Å². The summed E-state index contributed by atoms with van der Waals surface area (Å²) in [6.07, 6.45) is 3.46. The van der Waals surface area contributed by atoms with Gasteiger partial charge in [-0.2, -0.15) is 5.10 Å². The summed E-state index contributed by atoms with van der Waals surface area (Å²) < 4.78 is 15.1. The van der Waals surface area contributed by atoms with E-state index >= 15 is 0 Å². The lowest BCUT2D eigenvalue weighted by molar-refractivity contribution is 0.244. The average Bonchev–Trinajstić information content (AvgIpc) is 3.07. The molecule has 146 valence electrons. The normalized spacial score (nSPS) is 10.8. The van der Waals surface area contributed by atoms with Crippen LogP contribution in [0.2, 0.25) is 0 Å². The summed E-state index contributed by atoms with van der Waals surface area (Å²) in [5, 5.41) is 4.44. The third-order valence-corrected chi connectivity index (χ3v) is 4.59. The van der Waals surface area contributed by atoms with Crippen LogP contribution in [0.25, 0.3) is 5.69 Å². The van der Waals surface area contributed by atoms with Gasteiger partial charge in [-0.05, 0) is 49.1 Å². The van der Waals surface area contributed by atoms with Crippen LogP contribution in [0.1, 0.15) is 5.56 Å². The molecule has 0 aliphatic heterocycles. The van der Waals surface area contributed by atoms with Crippen molar-refractivity contribution in [3.8, 4) is 17.2 Å². The lowest BCUT2D eigenvalue weighted by Crippen LogP contribution is -2.22. The van der Waals surface area contributed by atoms with Gasteiger partial charge in [0.2, 0.25) is 4.77 Å². The van der Waals surface area contributed by atoms with Crippen LogP contribution < -0.4 is 9.47 Å². The quantitative estimate of drug-likeness (QED) is 0.403. The summed E-state index contributed by atoms with van der Waals surface area (Å²) in [5.74, 6) is 1.62. The van der Waals surface area contributed by atoms with E-state index in [1.54, 1.807) is 24.2 Å². The zero-order valence-corrected chi connectivity index (χ0v) is 16.9. The van der Waals surface area contributed by atoms with E-state index in [1.165, 1.54) is 5.56 Å². The van der Waals surface area contributed by atoms with Gasteiger partial charge in [0.1, 0.15) is 24.4 Å². The molecule has 0 bridgehead atoms. The van der Waals surface area contributed by atoms with Gasteiger partial charge in [-0.1, -0.05) is 30.9 Å². The van der Waals surface area contributed by atoms with Crippen LogP contribution in [0.4, 0.5) is 0 Å². The van der Waals surface area contributed by atoms with Crippen molar-refractivity contribution in [3.05, 3.63) is 77.8 Å². The largest absolute Gasteiger partial charge is 0.497 e. The number of benzene rings is 2. The van der Waals surface area contributed by atoms with Crippen LogP contribution in [0, 0.1) is 4.77 Å². The molecule has 0 amide bonds. The molecule has 0 radical (unpaired) electrons. The van der Waals surface area contributed by atoms with E-state index in [0.29, 0.717) is 18.0 Å². The van der Waals surface area contributed by atoms with Crippen LogP contribution in [0.5, 0.6) is 11.5 Å². The monoisotopic (exact) mass is 396 g/mol. The fourth-order valence-corrected chi connectivity index (χ4v) is 3.07. The highest BCUT2D eigenvalue weighted by atomic mass is 32.1. The first-order chi connectivity index (χ1) is 13.6. The second-order valence-electron chi connectivity index (χ2n) is 6.38. The van der Waals surface area contributed by atoms with Crippen molar-refractivity contribution in [1.82, 2.24) is 19.2 Å². The smallest absolute Gasteiger partial charge is 0.203 e. The predicted molar refractivity (Wildman–Crippen MR) is 113 cm³/mol. The highest BCUT2D eigenvalue weighted by Crippen LogP contribution is 2.17. The summed E-state index contributed by atoms with van der Waals surface area (Å²) >= 11 is 5.60. The molecule has 3 rings (SSSR count). The molecule has 7 heteroatoms. The molecule has 3 aromatic rings. The highest BCUT2D eigenvalue weighted by Gasteiger charge is 2.08. The lowest BCUT2D eigenvalue weighted by Gasteiger charge is -2.16. The minimum absolute atomic E-state index is 0.507. The molecule has 0 spiro atoms. The molecule has 0 fully saturated rings. The van der Waals surface area contributed by atoms with Crippen LogP contribution in [0.15, 0.2) is 67.5 Å². The van der Waals surface area contributed by atoms with Gasteiger partial charge in [-0.25, -0.2) is 4.68 Å². The third kappa shape index (κ3) is 4.88. The number of rotatable bonds is 9. The lowest BCUT2D eigenvalue weighted by atomic mass is 10.2. The maximum absolute atomic E-state index is 5.60. The Morgan fingerprint density at radius 2 is 1.96 bits per heavy atom. The summed E-state index contributed by atoms with van der Waals surface area (Å²) in [5.41, 5.74) is 2.11. The third-order valence-electron chi connectivity index (χ3n) is 4.18. The maximum atomic E-state index is 5.60. The van der Waals surface area contributed by atoms with Crippen LogP contribution in [0.3, 0.4) is 0 Å². The number of hydrogen-bond acceptors (Lipinski definition) is 5. The van der Waals surface area contributed by atoms with Crippen molar-refractivity contribution in [1.29, 1.82) is 0 Å². The van der Waals surface area contributed by atoms with Crippen molar-refractivity contribution in [2.24, 2.45) is 0 Å². The van der Waals surface area contributed by atoms with Gasteiger partial charge >= 0.3 is 0 Å². The Kier molecular flexibility index (Phi) is 6.62. The molecular formula is C21H24N4O2S. The van der Waals surface area contributed by atoms with Gasteiger partial charge in [0.05, 0.1) is 19.5 Å². The molecule has 0 atom stereocenters. The van der Waals surface area contributed by atoms with Crippen LogP contribution in [-0.4, -0.2) is 40.0 Å². The Labute approximate surface area is 170 Å². The maximum Gasteiger partial charge on any atom is 0.203 e. The Balaban J connectivity index is 1.66. The number of aromatic nitrogens is 3. The van der Waals surface area contributed by atoms with Crippen molar-refractivity contribution in [3.63, 3.8) is 0 Å². The van der Waals surface area contributed by atoms with Crippen molar-refractivity contribution < 1.29 is 9.47 Å². The van der Waals surface area contributed by atoms with Crippen LogP contribution >= 0.6 is 12.2 Å². The van der Waals surface area contributed by atoms with E-state index in [2.05, 4.69) is 28.7 Å². The predicted octanol–water partition coefficient (Wildman–Crippen LogP) is 4.07. The van der Waals surface area contributed by atoms with Crippen molar-refractivity contribution in [2.45, 2.75) is 13.2 Å². The summed E-state index contributed by atoms with van der Waals surface area (Å²) in [7, 11) is 3.68. The number of hydrogen-bond donors (Lipinski definition) is 0. The topological polar surface area (TPSA) is 44.5 Å². The molecule has 0 unspecified atom stereocenters. The average molecular weight is 397 g/mol. The molecule has 1 heterocycles. The highest BCUT2D eigenvalue weighted by molar-refractivity contribution is 7.71. The minimum atomic E-state index is 0.507. The van der Waals surface area contributed by atoms with E-state index in [4.69, 9.17) is 21.7 Å². The molecule has 2 aromatic carbocycles. The van der Waals surface area contributed by atoms with E-state index in [9.17, 15) is 0 Å². The number of ether oxygens (including phenoxy) is 2. The fourth-order valence-electron chi connectivity index (χ4n) is 2.81. The molecule has 0 saturated carbocycles. The van der Waals surface area contributed by atoms with Gasteiger partial charge in [0.25, 0.3) is 0 Å². The number of methoxy groups -OCH3 is 1. The van der Waals surface area contributed by atoms with Gasteiger partial charge in [0, 0.05) is 12.6 Å². The molecule has 6 nitrogen and oxygen atoms in total. The van der Waals surface area contributed by atoms with Gasteiger partial charge < -0.3 is 9.47 Å². The van der Waals surface area contributed by atoms with Gasteiger partial charge in [-0.15, -0.1) is 0 Å². The van der Waals surface area contributed by atoms with Gasteiger partial charge in [0.15, 0.2) is 0 Å². The Bertz CT molecular complexity index is 979. The van der Waals surface area contributed by atoms with E-state index < -0.39 is 0 Å². The molecule has 28 heavy (non-hydrogen) atoms. The zero-order valence-electron chi connectivity index (χ0n) is 16.1. The Hall–Kier alpha value is -2.90. The van der Waals surface area contributed by atoms with Crippen LogP contribution in [-0.2, 0) is 13.2 Å². The van der Waals surface area contributed by atoms with Crippen molar-refractivity contribution in [2.75, 3.05) is 20.8 Å². The molecule has 1 aromatic heterocycles. The first kappa shape index (κ1) is 19.9. The molecule has 0 saturated heterocycles. The molecule has 0 aliphatic rings. The van der Waals surface area contributed by atoms with E-state index in [1.807, 2.05) is 48.0 Å². The summed E-state index contributed by atoms with van der Waals surface area (Å²) in [6.45, 7) is 5.52. The molecule has 0 N–H and O–H groups in total. The minimum Gasteiger partial charge on any atom is -0.497 e. The first-order valence-electron chi connectivity index (χ1n) is 8.91. The molecule has 0 aliphatic carbocycles. The van der Waals surface area contributed by atoms with E-state index in [0.717, 1.165) is 23.7 Å². The second-order valence-corrected chi connectivity index (χ2v) is 6.75. The van der Waals surface area contributed by atoms with E-state index in [-0.39, 0.29) is 0 Å². The summed E-state index contributed by atoms with van der Waals surface area (Å²) in [4.78, 5) is 2.15. The SMILES string of the molecule is C=CCOc1ccc(CN(C)Cn2ncn(-c3cccc(OC)c3)c2=S)cc1. The van der Waals surface area contributed by atoms with Crippen molar-refractivity contribution >= 4 is 12.2 Å². The second kappa shape index (κ2) is 9.34. The Morgan fingerprint density at radius 1 is 1.18 bits per heavy atom.